The van der Waals surface area contributed by atoms with Gasteiger partial charge in [-0.3, -0.25) is 14.2 Å². The van der Waals surface area contributed by atoms with Gasteiger partial charge in [-0.2, -0.15) is 5.06 Å². The average molecular weight is 421 g/mol. The van der Waals surface area contributed by atoms with E-state index in [2.05, 4.69) is 21.2 Å². The Hall–Kier alpha value is -0.760. The Morgan fingerprint density at radius 1 is 1.42 bits per heavy atom. The molecule has 24 heavy (non-hydrogen) atoms. The van der Waals surface area contributed by atoms with Gasteiger partial charge in [0.25, 0.3) is 5.91 Å². The van der Waals surface area contributed by atoms with E-state index >= 15 is 0 Å². The van der Waals surface area contributed by atoms with Crippen molar-refractivity contribution in [3.05, 3.63) is 28.7 Å². The molecule has 7 nitrogen and oxygen atoms in total. The number of amides is 1. The summed E-state index contributed by atoms with van der Waals surface area (Å²) in [6.07, 6.45) is -0.527. The number of nitrogens with zero attached hydrogens (tertiary/aromatic N) is 1. The largest absolute Gasteiger partial charge is 0.350 e. The van der Waals surface area contributed by atoms with Crippen LogP contribution in [0.3, 0.4) is 0 Å². The summed E-state index contributed by atoms with van der Waals surface area (Å²) in [6.45, 7) is 4.02. The molecule has 0 aliphatic carbocycles. The highest BCUT2D eigenvalue weighted by Gasteiger charge is 2.48. The van der Waals surface area contributed by atoms with Crippen molar-refractivity contribution in [3.63, 3.8) is 0 Å². The lowest BCUT2D eigenvalue weighted by atomic mass is 10.2. The van der Waals surface area contributed by atoms with Gasteiger partial charge in [0.1, 0.15) is 5.78 Å². The molecule has 1 N–H and O–H groups in total. The third-order valence-electron chi connectivity index (χ3n) is 3.51. The number of rotatable bonds is 7. The van der Waals surface area contributed by atoms with Crippen LogP contribution in [0.2, 0.25) is 0 Å². The standard InChI is InChI=1S/C15H22BrN2O5P/c1-4-21-24(20,22-5-2)14-10-13(23-18(14)3)15(19)17-12-8-6-7-11(16)9-12/h6-9,13-14H,4-5,10H2,1-3H3,(H,17,19)/t13-,14-/m1/s1. The topological polar surface area (TPSA) is 77.1 Å². The van der Waals surface area contributed by atoms with Gasteiger partial charge < -0.3 is 14.4 Å². The summed E-state index contributed by atoms with van der Waals surface area (Å²) in [4.78, 5) is 18.0. The van der Waals surface area contributed by atoms with Gasteiger partial charge in [0.05, 0.1) is 13.2 Å². The first-order chi connectivity index (χ1) is 11.4. The number of hydroxylamine groups is 2. The van der Waals surface area contributed by atoms with Crippen molar-refractivity contribution in [2.24, 2.45) is 0 Å². The van der Waals surface area contributed by atoms with E-state index in [0.717, 1.165) is 4.47 Å². The highest BCUT2D eigenvalue weighted by atomic mass is 79.9. The quantitative estimate of drug-likeness (QED) is 0.678. The summed E-state index contributed by atoms with van der Waals surface area (Å²) in [6, 6.07) is 7.26. The van der Waals surface area contributed by atoms with Crippen LogP contribution in [0.25, 0.3) is 0 Å². The normalized spacial score (nSPS) is 21.8. The fourth-order valence-electron chi connectivity index (χ4n) is 2.50. The smallest absolute Gasteiger partial charge is 0.324 e. The van der Waals surface area contributed by atoms with Crippen molar-refractivity contribution in [2.75, 3.05) is 25.6 Å². The molecule has 1 heterocycles. The minimum absolute atomic E-state index is 0.230. The lowest BCUT2D eigenvalue weighted by Gasteiger charge is -2.25. The first-order valence-corrected chi connectivity index (χ1v) is 10.1. The highest BCUT2D eigenvalue weighted by molar-refractivity contribution is 9.10. The van der Waals surface area contributed by atoms with Gasteiger partial charge in [0.2, 0.25) is 0 Å². The third-order valence-corrected chi connectivity index (χ3v) is 6.50. The van der Waals surface area contributed by atoms with Gasteiger partial charge in [-0.25, -0.2) is 0 Å². The third kappa shape index (κ3) is 4.65. The minimum Gasteiger partial charge on any atom is -0.324 e. The Kier molecular flexibility index (Phi) is 6.98. The number of anilines is 1. The number of nitrogens with one attached hydrogen (secondary N) is 1. The molecule has 0 aromatic heterocycles. The summed E-state index contributed by atoms with van der Waals surface area (Å²) in [7, 11) is -1.75. The van der Waals surface area contributed by atoms with Crippen molar-refractivity contribution in [1.29, 1.82) is 0 Å². The van der Waals surface area contributed by atoms with Crippen molar-refractivity contribution < 1.29 is 23.2 Å². The molecule has 1 aromatic rings. The van der Waals surface area contributed by atoms with E-state index in [0.29, 0.717) is 5.69 Å². The van der Waals surface area contributed by atoms with Crippen LogP contribution < -0.4 is 5.32 Å². The molecule has 134 valence electrons. The van der Waals surface area contributed by atoms with E-state index in [4.69, 9.17) is 13.9 Å². The first-order valence-electron chi connectivity index (χ1n) is 7.74. The van der Waals surface area contributed by atoms with Gasteiger partial charge in [-0.05, 0) is 32.0 Å². The number of hydrogen-bond acceptors (Lipinski definition) is 6. The van der Waals surface area contributed by atoms with Gasteiger partial charge >= 0.3 is 7.60 Å². The van der Waals surface area contributed by atoms with E-state index in [1.165, 1.54) is 5.06 Å². The molecule has 0 radical (unpaired) electrons. The van der Waals surface area contributed by atoms with E-state index in [1.54, 1.807) is 33.0 Å². The maximum atomic E-state index is 12.9. The zero-order valence-electron chi connectivity index (χ0n) is 13.9. The summed E-state index contributed by atoms with van der Waals surface area (Å²) < 4.78 is 24.5. The maximum Gasteiger partial charge on any atom is 0.350 e. The number of halogens is 1. The summed E-state index contributed by atoms with van der Waals surface area (Å²) in [5.41, 5.74) is 0.655. The lowest BCUT2D eigenvalue weighted by Crippen LogP contribution is -2.28. The van der Waals surface area contributed by atoms with Crippen LogP contribution in [0.5, 0.6) is 0 Å². The SMILES string of the molecule is CCOP(=O)(OCC)[C@@H]1C[C@H](C(=O)Nc2cccc(Br)c2)ON1C. The Morgan fingerprint density at radius 3 is 2.67 bits per heavy atom. The molecule has 1 fully saturated rings. The number of carbonyl (C=O) groups is 1. The van der Waals surface area contributed by atoms with Crippen molar-refractivity contribution in [1.82, 2.24) is 5.06 Å². The molecule has 0 saturated carbocycles. The highest BCUT2D eigenvalue weighted by Crippen LogP contribution is 2.57. The van der Waals surface area contributed by atoms with Gasteiger partial charge in [-0.1, -0.05) is 22.0 Å². The predicted molar refractivity (Wildman–Crippen MR) is 94.7 cm³/mol. The predicted octanol–water partition coefficient (Wildman–Crippen LogP) is 3.62. The molecule has 0 unspecified atom stereocenters. The Labute approximate surface area is 150 Å². The molecular weight excluding hydrogens is 399 g/mol. The van der Waals surface area contributed by atoms with Crippen LogP contribution in [0.15, 0.2) is 28.7 Å². The van der Waals surface area contributed by atoms with Crippen molar-refractivity contribution in [2.45, 2.75) is 32.2 Å². The Balaban J connectivity index is 2.06. The number of hydrogen-bond donors (Lipinski definition) is 1. The number of carbonyl (C=O) groups excluding carboxylic acids is 1. The van der Waals surface area contributed by atoms with Crippen LogP contribution in [0.4, 0.5) is 5.69 Å². The van der Waals surface area contributed by atoms with Gasteiger partial charge in [-0.15, -0.1) is 0 Å². The van der Waals surface area contributed by atoms with Crippen LogP contribution in [-0.4, -0.2) is 43.1 Å². The van der Waals surface area contributed by atoms with Crippen LogP contribution in [0, 0.1) is 0 Å². The van der Waals surface area contributed by atoms with E-state index in [-0.39, 0.29) is 25.5 Å². The molecule has 0 bridgehead atoms. The van der Waals surface area contributed by atoms with Gasteiger partial charge in [0, 0.05) is 23.6 Å². The zero-order valence-corrected chi connectivity index (χ0v) is 16.4. The zero-order chi connectivity index (χ0) is 17.7. The summed E-state index contributed by atoms with van der Waals surface area (Å²) in [5.74, 6) is -0.919. The van der Waals surface area contributed by atoms with E-state index in [9.17, 15) is 9.36 Å². The van der Waals surface area contributed by atoms with Gasteiger partial charge in [0.15, 0.2) is 6.10 Å². The molecule has 1 aromatic carbocycles. The molecule has 1 amide bonds. The van der Waals surface area contributed by atoms with Crippen LogP contribution >= 0.6 is 23.5 Å². The van der Waals surface area contributed by atoms with Crippen molar-refractivity contribution >= 4 is 35.1 Å². The molecule has 0 spiro atoms. The fraction of sp³-hybridized carbons (Fsp3) is 0.533. The molecule has 9 heteroatoms. The average Bonchev–Trinajstić information content (AvgIpc) is 2.90. The summed E-state index contributed by atoms with van der Waals surface area (Å²) >= 11 is 3.35. The van der Waals surface area contributed by atoms with E-state index < -0.39 is 19.5 Å². The second kappa shape index (κ2) is 8.56. The Morgan fingerprint density at radius 2 is 2.08 bits per heavy atom. The molecule has 2 rings (SSSR count). The molecule has 1 aliphatic rings. The molecule has 1 saturated heterocycles. The van der Waals surface area contributed by atoms with Crippen molar-refractivity contribution in [3.8, 4) is 0 Å². The second-order valence-corrected chi connectivity index (χ2v) is 8.34. The molecular formula is C15H22BrN2O5P. The minimum atomic E-state index is -3.38. The van der Waals surface area contributed by atoms with Crippen LogP contribution in [0.1, 0.15) is 20.3 Å². The van der Waals surface area contributed by atoms with Crippen LogP contribution in [-0.2, 0) is 23.2 Å². The second-order valence-electron chi connectivity index (χ2n) is 5.23. The fourth-order valence-corrected chi connectivity index (χ4v) is 4.94. The first kappa shape index (κ1) is 19.6. The van der Waals surface area contributed by atoms with E-state index in [1.807, 2.05) is 12.1 Å². The number of benzene rings is 1. The molecule has 1 aliphatic heterocycles. The molecule has 2 atom stereocenters. The summed E-state index contributed by atoms with van der Waals surface area (Å²) in [5, 5.41) is 4.19. The monoisotopic (exact) mass is 420 g/mol. The maximum absolute atomic E-state index is 12.9. The Bertz CT molecular complexity index is 620. The lowest BCUT2D eigenvalue weighted by molar-refractivity contribution is -0.155.